The van der Waals surface area contributed by atoms with Crippen LogP contribution in [0.4, 0.5) is 0 Å². The Balaban J connectivity index is 1.68. The number of ether oxygens (including phenoxy) is 3. The van der Waals surface area contributed by atoms with Crippen LogP contribution in [0.2, 0.25) is 0 Å². The van der Waals surface area contributed by atoms with E-state index in [2.05, 4.69) is 21.2 Å². The monoisotopic (exact) mass is 715 g/mol. The number of fused-ring (bicyclic) bond motifs is 2. The van der Waals surface area contributed by atoms with E-state index in [0.717, 1.165) is 0 Å². The molecular formula is C35H46BrN3O8. The molecule has 256 valence electrons. The van der Waals surface area contributed by atoms with Crippen molar-refractivity contribution >= 4 is 39.6 Å². The number of allylic oxidation sites excluding steroid dienone is 1. The fourth-order valence-corrected chi connectivity index (χ4v) is 8.17. The number of carbonyl (C=O) groups is 4. The molecule has 3 amide bonds. The minimum absolute atomic E-state index is 0.0619. The molecule has 0 saturated carbocycles. The Hall–Kier alpha value is -3.06. The number of rotatable bonds is 6. The van der Waals surface area contributed by atoms with Crippen LogP contribution in [-0.4, -0.2) is 101 Å². The third-order valence-electron chi connectivity index (χ3n) is 9.68. The second-order valence-corrected chi connectivity index (χ2v) is 15.0. The van der Waals surface area contributed by atoms with E-state index >= 15 is 0 Å². The van der Waals surface area contributed by atoms with Crippen LogP contribution >= 0.6 is 15.9 Å². The Morgan fingerprint density at radius 3 is 2.40 bits per heavy atom. The van der Waals surface area contributed by atoms with Gasteiger partial charge in [0.2, 0.25) is 17.7 Å². The maximum Gasteiger partial charge on any atom is 0.313 e. The van der Waals surface area contributed by atoms with Crippen molar-refractivity contribution in [3.05, 3.63) is 58.6 Å². The molecule has 11 nitrogen and oxygen atoms in total. The number of nitrogens with one attached hydrogen (secondary N) is 1. The normalized spacial score (nSPS) is 33.1. The Labute approximate surface area is 284 Å². The Bertz CT molecular complexity index is 1430. The summed E-state index contributed by atoms with van der Waals surface area (Å²) in [5, 5.41) is 13.6. The molecule has 1 aromatic carbocycles. The number of aliphatic hydroxyl groups is 1. The van der Waals surface area contributed by atoms with Gasteiger partial charge in [0.15, 0.2) is 0 Å². The molecule has 5 bridgehead atoms. The van der Waals surface area contributed by atoms with Crippen molar-refractivity contribution in [3.63, 3.8) is 0 Å². The first-order valence-corrected chi connectivity index (χ1v) is 17.1. The standard InChI is InChI=1S/C35H46BrN3O8/c1-20(2)24(18-40)39-30-32(43)38(34(3,4)5)16-12-8-11-15-25(41)37-23(19-45-6)28(21-13-9-7-10-14-21)46-33(44)26-27(31(39)42)35(30)17-22(36)29(26)47-35/h7-10,12-14,17,20,23-24,26-30,40H,11,15-16,18-19H2,1-6H3,(H,37,41)/b12-8-/t23-,24+,26+,27-,28-,29+,30+,35-/m1/s1. The van der Waals surface area contributed by atoms with Gasteiger partial charge in [-0.1, -0.05) is 72.3 Å². The number of likely N-dealkylation sites (tertiary alicyclic amines) is 1. The predicted octanol–water partition coefficient (Wildman–Crippen LogP) is 3.27. The number of hydrogen-bond acceptors (Lipinski definition) is 8. The molecule has 0 aliphatic carbocycles. The molecule has 47 heavy (non-hydrogen) atoms. The number of cyclic esters (lactones) is 1. The minimum atomic E-state index is -1.48. The van der Waals surface area contributed by atoms with E-state index in [1.165, 1.54) is 12.0 Å². The van der Waals surface area contributed by atoms with Crippen LogP contribution in [0.25, 0.3) is 0 Å². The third kappa shape index (κ3) is 6.41. The van der Waals surface area contributed by atoms with E-state index in [-0.39, 0.29) is 43.9 Å². The van der Waals surface area contributed by atoms with Crippen LogP contribution < -0.4 is 5.32 Å². The lowest BCUT2D eigenvalue weighted by atomic mass is 9.74. The topological polar surface area (TPSA) is 135 Å². The van der Waals surface area contributed by atoms with Crippen molar-refractivity contribution in [1.29, 1.82) is 0 Å². The molecule has 2 saturated heterocycles. The molecule has 2 N–H and O–H groups in total. The highest BCUT2D eigenvalue weighted by Gasteiger charge is 2.76. The molecule has 1 spiro atoms. The zero-order valence-corrected chi connectivity index (χ0v) is 29.4. The smallest absolute Gasteiger partial charge is 0.313 e. The number of esters is 1. The van der Waals surface area contributed by atoms with Gasteiger partial charge in [0.05, 0.1) is 31.2 Å². The number of amides is 3. The molecule has 4 aliphatic rings. The molecule has 5 rings (SSSR count). The van der Waals surface area contributed by atoms with Crippen molar-refractivity contribution in [2.45, 2.75) is 88.9 Å². The van der Waals surface area contributed by atoms with Crippen molar-refractivity contribution in [3.8, 4) is 0 Å². The quantitative estimate of drug-likeness (QED) is 0.339. The SMILES string of the molecule is COC[C@H]1NC(=O)CC/C=C\CN(C(C)(C)C)C(=O)[C@@H]2N([C@@H](CO)C(C)C)C(=O)[C@H]3[C@H](C(=O)O[C@@H]1c1ccccc1)[C@H]1O[C@@]23C=C1Br. The largest absolute Gasteiger partial charge is 0.455 e. The number of halogens is 1. The van der Waals surface area contributed by atoms with E-state index in [0.29, 0.717) is 16.5 Å². The van der Waals surface area contributed by atoms with Gasteiger partial charge in [-0.25, -0.2) is 0 Å². The first kappa shape index (κ1) is 35.3. The number of carbonyl (C=O) groups excluding carboxylic acids is 4. The van der Waals surface area contributed by atoms with Crippen molar-refractivity contribution in [1.82, 2.24) is 15.1 Å². The van der Waals surface area contributed by atoms with Gasteiger partial charge in [-0.15, -0.1) is 0 Å². The summed E-state index contributed by atoms with van der Waals surface area (Å²) in [7, 11) is 1.51. The van der Waals surface area contributed by atoms with Crippen molar-refractivity contribution in [2.75, 3.05) is 26.9 Å². The van der Waals surface area contributed by atoms with Gasteiger partial charge in [0.1, 0.15) is 29.8 Å². The molecule has 2 fully saturated rings. The summed E-state index contributed by atoms with van der Waals surface area (Å²) in [6.07, 6.45) is 4.24. The first-order valence-electron chi connectivity index (χ1n) is 16.3. The average Bonchev–Trinajstić information content (AvgIpc) is 3.60. The summed E-state index contributed by atoms with van der Waals surface area (Å²) in [4.78, 5) is 60.3. The van der Waals surface area contributed by atoms with Gasteiger partial charge in [0, 0.05) is 30.1 Å². The number of benzene rings is 1. The molecule has 8 atom stereocenters. The molecule has 1 aromatic rings. The molecule has 0 aromatic heterocycles. The van der Waals surface area contributed by atoms with Gasteiger partial charge in [-0.3, -0.25) is 19.2 Å². The highest BCUT2D eigenvalue weighted by atomic mass is 79.9. The van der Waals surface area contributed by atoms with E-state index in [1.54, 1.807) is 23.1 Å². The summed E-state index contributed by atoms with van der Waals surface area (Å²) < 4.78 is 18.9. The summed E-state index contributed by atoms with van der Waals surface area (Å²) in [6.45, 7) is 9.41. The number of methoxy groups -OCH3 is 1. The maximum absolute atomic E-state index is 14.9. The second kappa shape index (κ2) is 13.8. The van der Waals surface area contributed by atoms with Crippen LogP contribution in [0.1, 0.15) is 59.1 Å². The Kier molecular flexibility index (Phi) is 10.4. The van der Waals surface area contributed by atoms with Gasteiger partial charge in [-0.05, 0) is 44.7 Å². The Morgan fingerprint density at radius 1 is 1.09 bits per heavy atom. The minimum Gasteiger partial charge on any atom is -0.455 e. The molecule has 0 radical (unpaired) electrons. The van der Waals surface area contributed by atoms with Crippen molar-refractivity contribution < 1.29 is 38.5 Å². The van der Waals surface area contributed by atoms with Crippen LogP contribution in [-0.2, 0) is 33.4 Å². The van der Waals surface area contributed by atoms with Gasteiger partial charge in [0.25, 0.3) is 0 Å². The second-order valence-electron chi connectivity index (χ2n) is 14.1. The lowest BCUT2D eigenvalue weighted by Gasteiger charge is -2.43. The van der Waals surface area contributed by atoms with E-state index in [9.17, 15) is 24.3 Å². The number of hydrogen-bond donors (Lipinski definition) is 2. The van der Waals surface area contributed by atoms with E-state index in [4.69, 9.17) is 14.2 Å². The van der Waals surface area contributed by atoms with E-state index < -0.39 is 65.2 Å². The fraction of sp³-hybridized carbons (Fsp3) is 0.600. The first-order chi connectivity index (χ1) is 22.3. The summed E-state index contributed by atoms with van der Waals surface area (Å²) >= 11 is 3.60. The van der Waals surface area contributed by atoms with Crippen LogP contribution in [0.3, 0.4) is 0 Å². The highest BCUT2D eigenvalue weighted by Crippen LogP contribution is 2.59. The number of nitrogens with zero attached hydrogens (tertiary/aromatic N) is 2. The third-order valence-corrected chi connectivity index (χ3v) is 10.4. The zero-order chi connectivity index (χ0) is 34.3. The highest BCUT2D eigenvalue weighted by molar-refractivity contribution is 9.11. The van der Waals surface area contributed by atoms with Gasteiger partial charge >= 0.3 is 5.97 Å². The Morgan fingerprint density at radius 2 is 1.79 bits per heavy atom. The average molecular weight is 717 g/mol. The molecule has 4 heterocycles. The lowest BCUT2D eigenvalue weighted by molar-refractivity contribution is -0.163. The number of aliphatic hydroxyl groups excluding tert-OH is 1. The summed E-state index contributed by atoms with van der Waals surface area (Å²) in [5.74, 6) is -4.12. The molecule has 4 aliphatic heterocycles. The van der Waals surface area contributed by atoms with E-state index in [1.807, 2.05) is 65.0 Å². The van der Waals surface area contributed by atoms with Crippen LogP contribution in [0, 0.1) is 17.8 Å². The lowest BCUT2D eigenvalue weighted by Crippen LogP contribution is -2.62. The molecule has 0 unspecified atom stereocenters. The van der Waals surface area contributed by atoms with Crippen molar-refractivity contribution in [2.24, 2.45) is 17.8 Å². The maximum atomic E-state index is 14.9. The summed E-state index contributed by atoms with van der Waals surface area (Å²) in [6, 6.07) is 6.50. The van der Waals surface area contributed by atoms with Gasteiger partial charge in [-0.2, -0.15) is 0 Å². The predicted molar refractivity (Wildman–Crippen MR) is 177 cm³/mol. The summed E-state index contributed by atoms with van der Waals surface area (Å²) in [5.41, 5.74) is -1.50. The molecule has 12 heteroatoms. The molecular weight excluding hydrogens is 670 g/mol. The van der Waals surface area contributed by atoms with Crippen LogP contribution in [0.15, 0.2) is 53.0 Å². The van der Waals surface area contributed by atoms with Crippen LogP contribution in [0.5, 0.6) is 0 Å². The fourth-order valence-electron chi connectivity index (χ4n) is 7.43. The zero-order valence-electron chi connectivity index (χ0n) is 27.9. The van der Waals surface area contributed by atoms with Gasteiger partial charge < -0.3 is 34.4 Å².